The Balaban J connectivity index is 1.60. The molecule has 1 aliphatic rings. The number of hydrogen-bond donors (Lipinski definition) is 0. The van der Waals surface area contributed by atoms with Gasteiger partial charge in [-0.05, 0) is 67.8 Å². The molecule has 0 N–H and O–H groups in total. The predicted molar refractivity (Wildman–Crippen MR) is 134 cm³/mol. The first-order chi connectivity index (χ1) is 16.9. The molecule has 0 atom stereocenters. The maximum absolute atomic E-state index is 13.4. The van der Waals surface area contributed by atoms with Crippen molar-refractivity contribution < 1.29 is 23.9 Å². The molecular weight excluding hydrogens is 468 g/mol. The predicted octanol–water partition coefficient (Wildman–Crippen LogP) is 5.14. The molecule has 1 aliphatic heterocycles. The SMILES string of the molecule is COc1ccc2c(c1)c(CC(=O)OCN1CCCCCCC1=O)c(C)n2C(=O)c1ccc(Cl)cc1. The zero-order valence-corrected chi connectivity index (χ0v) is 20.8. The number of hydrogen-bond acceptors (Lipinski definition) is 5. The van der Waals surface area contributed by atoms with Gasteiger partial charge in [0.05, 0.1) is 19.0 Å². The zero-order chi connectivity index (χ0) is 24.9. The van der Waals surface area contributed by atoms with Crippen molar-refractivity contribution in [3.05, 3.63) is 64.3 Å². The van der Waals surface area contributed by atoms with E-state index in [1.165, 1.54) is 0 Å². The van der Waals surface area contributed by atoms with Crippen LogP contribution < -0.4 is 4.74 Å². The van der Waals surface area contributed by atoms with E-state index in [0.717, 1.165) is 31.1 Å². The third-order valence-electron chi connectivity index (χ3n) is 6.46. The van der Waals surface area contributed by atoms with E-state index in [4.69, 9.17) is 21.1 Å². The summed E-state index contributed by atoms with van der Waals surface area (Å²) in [5.41, 5.74) is 2.48. The molecule has 0 aliphatic carbocycles. The Kier molecular flexibility index (Phi) is 7.76. The highest BCUT2D eigenvalue weighted by molar-refractivity contribution is 6.30. The third kappa shape index (κ3) is 5.51. The quantitative estimate of drug-likeness (QED) is 0.442. The second-order valence-corrected chi connectivity index (χ2v) is 9.17. The molecule has 0 spiro atoms. The van der Waals surface area contributed by atoms with Crippen molar-refractivity contribution in [2.75, 3.05) is 20.4 Å². The monoisotopic (exact) mass is 496 g/mol. The van der Waals surface area contributed by atoms with Crippen molar-refractivity contribution in [2.24, 2.45) is 0 Å². The van der Waals surface area contributed by atoms with Crippen LogP contribution in [0.4, 0.5) is 0 Å². The first-order valence-electron chi connectivity index (χ1n) is 11.8. The average molecular weight is 497 g/mol. The van der Waals surface area contributed by atoms with Crippen LogP contribution in [0.2, 0.25) is 5.02 Å². The molecule has 8 heteroatoms. The molecule has 2 aromatic carbocycles. The number of likely N-dealkylation sites (tertiary alicyclic amines) is 1. The molecule has 1 saturated heterocycles. The van der Waals surface area contributed by atoms with Crippen molar-refractivity contribution in [1.29, 1.82) is 0 Å². The summed E-state index contributed by atoms with van der Waals surface area (Å²) in [6.45, 7) is 2.35. The summed E-state index contributed by atoms with van der Waals surface area (Å²) in [5.74, 6) is -0.0398. The van der Waals surface area contributed by atoms with Gasteiger partial charge in [-0.3, -0.25) is 19.0 Å². The molecule has 2 heterocycles. The number of ether oxygens (including phenoxy) is 2. The number of methoxy groups -OCH3 is 1. The first-order valence-corrected chi connectivity index (χ1v) is 12.2. The molecule has 3 aromatic rings. The summed E-state index contributed by atoms with van der Waals surface area (Å²) in [7, 11) is 1.57. The molecule has 1 aromatic heterocycles. The Morgan fingerprint density at radius 2 is 1.77 bits per heavy atom. The summed E-state index contributed by atoms with van der Waals surface area (Å²) in [4.78, 5) is 40.2. The van der Waals surface area contributed by atoms with E-state index in [9.17, 15) is 14.4 Å². The first kappa shape index (κ1) is 24.8. The van der Waals surface area contributed by atoms with Gasteiger partial charge >= 0.3 is 5.97 Å². The molecule has 0 bridgehead atoms. The van der Waals surface area contributed by atoms with Crippen LogP contribution in [-0.4, -0.2) is 47.6 Å². The fourth-order valence-corrected chi connectivity index (χ4v) is 4.62. The minimum Gasteiger partial charge on any atom is -0.497 e. The lowest BCUT2D eigenvalue weighted by atomic mass is 10.1. The van der Waals surface area contributed by atoms with E-state index < -0.39 is 5.97 Å². The normalized spacial score (nSPS) is 14.5. The van der Waals surface area contributed by atoms with Crippen molar-refractivity contribution in [3.8, 4) is 5.75 Å². The number of benzene rings is 2. The Morgan fingerprint density at radius 1 is 1.03 bits per heavy atom. The van der Waals surface area contributed by atoms with Crippen molar-refractivity contribution in [1.82, 2.24) is 9.47 Å². The molecule has 184 valence electrons. The molecule has 7 nitrogen and oxygen atoms in total. The Bertz CT molecular complexity index is 1250. The van der Waals surface area contributed by atoms with E-state index in [2.05, 4.69) is 0 Å². The van der Waals surface area contributed by atoms with Gasteiger partial charge in [-0.15, -0.1) is 0 Å². The summed E-state index contributed by atoms with van der Waals surface area (Å²) in [6.07, 6.45) is 4.35. The number of carbonyl (C=O) groups is 3. The summed E-state index contributed by atoms with van der Waals surface area (Å²) in [5, 5.41) is 1.28. The molecule has 1 amide bonds. The summed E-state index contributed by atoms with van der Waals surface area (Å²) < 4.78 is 12.5. The Labute approximate surface area is 209 Å². The highest BCUT2D eigenvalue weighted by Gasteiger charge is 2.23. The van der Waals surface area contributed by atoms with Gasteiger partial charge in [0, 0.05) is 34.6 Å². The van der Waals surface area contributed by atoms with Crippen LogP contribution in [0.15, 0.2) is 42.5 Å². The maximum Gasteiger partial charge on any atom is 0.312 e. The third-order valence-corrected chi connectivity index (χ3v) is 6.71. The molecule has 1 fully saturated rings. The lowest BCUT2D eigenvalue weighted by molar-refractivity contribution is -0.152. The molecular formula is C27H29ClN2O5. The Morgan fingerprint density at radius 3 is 2.51 bits per heavy atom. The topological polar surface area (TPSA) is 77.8 Å². The van der Waals surface area contributed by atoms with Crippen LogP contribution in [-0.2, 0) is 20.7 Å². The second kappa shape index (κ2) is 11.0. The molecule has 35 heavy (non-hydrogen) atoms. The molecule has 0 unspecified atom stereocenters. The second-order valence-electron chi connectivity index (χ2n) is 8.74. The summed E-state index contributed by atoms with van der Waals surface area (Å²) >= 11 is 5.99. The van der Waals surface area contributed by atoms with Gasteiger partial charge in [0.2, 0.25) is 5.91 Å². The highest BCUT2D eigenvalue weighted by Crippen LogP contribution is 2.31. The highest BCUT2D eigenvalue weighted by atomic mass is 35.5. The fourth-order valence-electron chi connectivity index (χ4n) is 4.49. The van der Waals surface area contributed by atoms with Crippen molar-refractivity contribution >= 4 is 40.3 Å². The Hall–Kier alpha value is -3.32. The summed E-state index contributed by atoms with van der Waals surface area (Å²) in [6, 6.07) is 12.1. The van der Waals surface area contributed by atoms with Crippen LogP contribution in [0.5, 0.6) is 5.75 Å². The van der Waals surface area contributed by atoms with Gasteiger partial charge in [-0.1, -0.05) is 24.4 Å². The largest absolute Gasteiger partial charge is 0.497 e. The van der Waals surface area contributed by atoms with Crippen LogP contribution in [0.1, 0.15) is 53.7 Å². The van der Waals surface area contributed by atoms with Gasteiger partial charge in [-0.2, -0.15) is 0 Å². The van der Waals surface area contributed by atoms with Gasteiger partial charge in [0.1, 0.15) is 5.75 Å². The van der Waals surface area contributed by atoms with E-state index in [1.54, 1.807) is 46.9 Å². The lowest BCUT2D eigenvalue weighted by Crippen LogP contribution is -2.36. The standard InChI is InChI=1S/C27H29ClN2O5/c1-18-22(16-26(32)35-17-29-14-6-4-3-5-7-25(29)31)23-15-21(34-2)12-13-24(23)30(18)27(33)19-8-10-20(28)11-9-19/h8-13,15H,3-7,14,16-17H2,1-2H3. The number of nitrogens with zero attached hydrogens (tertiary/aromatic N) is 2. The van der Waals surface area contributed by atoms with Crippen LogP contribution >= 0.6 is 11.6 Å². The maximum atomic E-state index is 13.4. The van der Waals surface area contributed by atoms with Crippen LogP contribution in [0.3, 0.4) is 0 Å². The lowest BCUT2D eigenvalue weighted by Gasteiger charge is -2.24. The van der Waals surface area contributed by atoms with E-state index in [1.807, 2.05) is 19.1 Å². The number of fused-ring (bicyclic) bond motifs is 1. The van der Waals surface area contributed by atoms with E-state index in [-0.39, 0.29) is 25.0 Å². The van der Waals surface area contributed by atoms with Crippen molar-refractivity contribution in [2.45, 2.75) is 45.4 Å². The fraction of sp³-hybridized carbons (Fsp3) is 0.370. The number of amides is 1. The van der Waals surface area contributed by atoms with E-state index >= 15 is 0 Å². The van der Waals surface area contributed by atoms with Crippen LogP contribution in [0.25, 0.3) is 10.9 Å². The van der Waals surface area contributed by atoms with E-state index in [0.29, 0.717) is 46.1 Å². The number of esters is 1. The van der Waals surface area contributed by atoms with Gasteiger partial charge in [0.15, 0.2) is 6.73 Å². The minimum atomic E-state index is -0.455. The minimum absolute atomic E-state index is 0.0172. The zero-order valence-electron chi connectivity index (χ0n) is 20.0. The number of carbonyl (C=O) groups excluding carboxylic acids is 3. The van der Waals surface area contributed by atoms with Crippen molar-refractivity contribution in [3.63, 3.8) is 0 Å². The number of rotatable bonds is 6. The van der Waals surface area contributed by atoms with Gasteiger partial charge in [-0.25, -0.2) is 0 Å². The van der Waals surface area contributed by atoms with Crippen LogP contribution in [0, 0.1) is 6.92 Å². The number of aromatic nitrogens is 1. The molecule has 0 radical (unpaired) electrons. The van der Waals surface area contributed by atoms with Gasteiger partial charge in [0.25, 0.3) is 5.91 Å². The number of halogens is 1. The smallest absolute Gasteiger partial charge is 0.312 e. The molecule has 4 rings (SSSR count). The average Bonchev–Trinajstić information content (AvgIpc) is 3.11. The van der Waals surface area contributed by atoms with Gasteiger partial charge < -0.3 is 14.4 Å². The molecule has 0 saturated carbocycles.